The van der Waals surface area contributed by atoms with Crippen molar-refractivity contribution in [2.45, 2.75) is 39.7 Å². The molecule has 0 aliphatic carbocycles. The van der Waals surface area contributed by atoms with Gasteiger partial charge in [-0.1, -0.05) is 26.8 Å². The highest BCUT2D eigenvalue weighted by atomic mass is 16.5. The lowest BCUT2D eigenvalue weighted by Crippen LogP contribution is -2.16. The maximum atomic E-state index is 5.99. The van der Waals surface area contributed by atoms with Crippen LogP contribution in [0, 0.1) is 0 Å². The molecule has 0 radical (unpaired) electrons. The van der Waals surface area contributed by atoms with Crippen LogP contribution >= 0.6 is 0 Å². The van der Waals surface area contributed by atoms with Crippen molar-refractivity contribution in [3.05, 3.63) is 47.5 Å². The Balaban J connectivity index is 2.01. The Labute approximate surface area is 162 Å². The molecule has 0 bridgehead atoms. The van der Waals surface area contributed by atoms with E-state index in [-0.39, 0.29) is 5.41 Å². The average molecular weight is 373 g/mol. The minimum atomic E-state index is -0.0507. The molecule has 0 aromatic heterocycles. The highest BCUT2D eigenvalue weighted by Crippen LogP contribution is 2.34. The van der Waals surface area contributed by atoms with E-state index in [1.165, 1.54) is 0 Å². The van der Waals surface area contributed by atoms with Crippen molar-refractivity contribution in [3.63, 3.8) is 0 Å². The molecule has 2 aromatic rings. The van der Waals surface area contributed by atoms with E-state index in [1.807, 2.05) is 43.3 Å². The summed E-state index contributed by atoms with van der Waals surface area (Å²) in [6, 6.07) is 11.6. The fraction of sp³-hybridized carbons (Fsp3) is 0.455. The zero-order valence-corrected chi connectivity index (χ0v) is 17.0. The highest BCUT2D eigenvalue weighted by molar-refractivity contribution is 5.44. The first-order valence-corrected chi connectivity index (χ1v) is 9.29. The van der Waals surface area contributed by atoms with Gasteiger partial charge in [-0.2, -0.15) is 0 Å². The molecule has 27 heavy (non-hydrogen) atoms. The number of hydrogen-bond acceptors (Lipinski definition) is 5. The first-order valence-electron chi connectivity index (χ1n) is 9.29. The van der Waals surface area contributed by atoms with Crippen LogP contribution in [0.1, 0.15) is 38.8 Å². The maximum absolute atomic E-state index is 5.99. The number of nitrogens with two attached hydrogens (primary N) is 1. The summed E-state index contributed by atoms with van der Waals surface area (Å²) in [5, 5.41) is 0. The molecule has 2 aromatic carbocycles. The summed E-state index contributed by atoms with van der Waals surface area (Å²) in [5.74, 6) is 3.07. The number of rotatable bonds is 9. The smallest absolute Gasteiger partial charge is 0.161 e. The van der Waals surface area contributed by atoms with Gasteiger partial charge in [-0.15, -0.1) is 0 Å². The average Bonchev–Trinajstić information content (AvgIpc) is 2.65. The number of benzene rings is 2. The summed E-state index contributed by atoms with van der Waals surface area (Å²) in [6.07, 6.45) is 0. The Morgan fingerprint density at radius 3 is 2.11 bits per heavy atom. The van der Waals surface area contributed by atoms with Crippen molar-refractivity contribution in [2.75, 3.05) is 26.9 Å². The number of ether oxygens (including phenoxy) is 4. The van der Waals surface area contributed by atoms with Crippen LogP contribution in [0.2, 0.25) is 0 Å². The van der Waals surface area contributed by atoms with Gasteiger partial charge in [-0.05, 0) is 48.2 Å². The lowest BCUT2D eigenvalue weighted by molar-refractivity contribution is 0.206. The summed E-state index contributed by atoms with van der Waals surface area (Å²) < 4.78 is 22.8. The van der Waals surface area contributed by atoms with E-state index in [0.29, 0.717) is 37.9 Å². The summed E-state index contributed by atoms with van der Waals surface area (Å²) in [6.45, 7) is 10.3. The maximum Gasteiger partial charge on any atom is 0.161 e. The minimum Gasteiger partial charge on any atom is -0.497 e. The van der Waals surface area contributed by atoms with Crippen LogP contribution in [0.3, 0.4) is 0 Å². The van der Waals surface area contributed by atoms with Gasteiger partial charge in [0.25, 0.3) is 0 Å². The molecule has 0 saturated heterocycles. The SMILES string of the molecule is CCOc1cc(CN)ccc1OCCOc1ccc(OC)cc1C(C)(C)C. The van der Waals surface area contributed by atoms with E-state index in [0.717, 1.165) is 22.6 Å². The van der Waals surface area contributed by atoms with E-state index in [1.54, 1.807) is 7.11 Å². The van der Waals surface area contributed by atoms with Crippen molar-refractivity contribution in [2.24, 2.45) is 5.73 Å². The third kappa shape index (κ3) is 5.79. The van der Waals surface area contributed by atoms with Crippen LogP contribution in [0.5, 0.6) is 23.0 Å². The van der Waals surface area contributed by atoms with E-state index >= 15 is 0 Å². The predicted molar refractivity (Wildman–Crippen MR) is 108 cm³/mol. The van der Waals surface area contributed by atoms with Crippen LogP contribution in [0.4, 0.5) is 0 Å². The lowest BCUT2D eigenvalue weighted by atomic mass is 9.86. The second-order valence-electron chi connectivity index (χ2n) is 7.23. The van der Waals surface area contributed by atoms with E-state index in [4.69, 9.17) is 24.7 Å². The molecule has 5 heteroatoms. The number of hydrogen-bond donors (Lipinski definition) is 1. The molecule has 2 N–H and O–H groups in total. The quantitative estimate of drug-likeness (QED) is 0.664. The van der Waals surface area contributed by atoms with Crippen molar-refractivity contribution >= 4 is 0 Å². The molecule has 0 unspecified atom stereocenters. The lowest BCUT2D eigenvalue weighted by Gasteiger charge is -2.23. The van der Waals surface area contributed by atoms with Crippen LogP contribution in [-0.4, -0.2) is 26.9 Å². The Hall–Kier alpha value is -2.40. The van der Waals surface area contributed by atoms with Crippen LogP contribution < -0.4 is 24.7 Å². The van der Waals surface area contributed by atoms with E-state index in [9.17, 15) is 0 Å². The molecule has 0 atom stereocenters. The molecule has 0 amide bonds. The van der Waals surface area contributed by atoms with Gasteiger partial charge in [0.15, 0.2) is 11.5 Å². The van der Waals surface area contributed by atoms with Crippen LogP contribution in [0.15, 0.2) is 36.4 Å². The van der Waals surface area contributed by atoms with Gasteiger partial charge in [0.05, 0.1) is 13.7 Å². The van der Waals surface area contributed by atoms with E-state index < -0.39 is 0 Å². The first-order chi connectivity index (χ1) is 12.9. The molecule has 0 aliphatic heterocycles. The summed E-state index contributed by atoms with van der Waals surface area (Å²) in [4.78, 5) is 0. The standard InChI is InChI=1S/C22H31NO4/c1-6-25-21-13-16(15-23)7-9-20(21)27-12-11-26-19-10-8-17(24-5)14-18(19)22(2,3)4/h7-10,13-14H,6,11-12,15,23H2,1-5H3. The monoisotopic (exact) mass is 373 g/mol. The molecule has 0 spiro atoms. The Kier molecular flexibility index (Phi) is 7.36. The zero-order valence-electron chi connectivity index (χ0n) is 17.0. The fourth-order valence-corrected chi connectivity index (χ4v) is 2.72. The Morgan fingerprint density at radius 1 is 0.852 bits per heavy atom. The minimum absolute atomic E-state index is 0.0507. The normalized spacial score (nSPS) is 11.2. The Morgan fingerprint density at radius 2 is 1.52 bits per heavy atom. The van der Waals surface area contributed by atoms with Crippen molar-refractivity contribution in [1.82, 2.24) is 0 Å². The molecule has 0 saturated carbocycles. The van der Waals surface area contributed by atoms with Crippen LogP contribution in [-0.2, 0) is 12.0 Å². The zero-order chi connectivity index (χ0) is 19.9. The second-order valence-corrected chi connectivity index (χ2v) is 7.23. The van der Waals surface area contributed by atoms with Gasteiger partial charge in [-0.25, -0.2) is 0 Å². The van der Waals surface area contributed by atoms with Gasteiger partial charge >= 0.3 is 0 Å². The second kappa shape index (κ2) is 9.51. The first kappa shape index (κ1) is 20.9. The number of methoxy groups -OCH3 is 1. The molecule has 0 fully saturated rings. The van der Waals surface area contributed by atoms with E-state index in [2.05, 4.69) is 20.8 Å². The molecule has 0 heterocycles. The van der Waals surface area contributed by atoms with Crippen molar-refractivity contribution in [1.29, 1.82) is 0 Å². The summed E-state index contributed by atoms with van der Waals surface area (Å²) in [7, 11) is 1.67. The van der Waals surface area contributed by atoms with Gasteiger partial charge in [-0.3, -0.25) is 0 Å². The third-order valence-corrected chi connectivity index (χ3v) is 4.14. The highest BCUT2D eigenvalue weighted by Gasteiger charge is 2.20. The van der Waals surface area contributed by atoms with Gasteiger partial charge in [0.1, 0.15) is 24.7 Å². The predicted octanol–water partition coefficient (Wildman–Crippen LogP) is 4.31. The van der Waals surface area contributed by atoms with Gasteiger partial charge in [0.2, 0.25) is 0 Å². The Bertz CT molecular complexity index is 738. The summed E-state index contributed by atoms with van der Waals surface area (Å²) in [5.41, 5.74) is 7.76. The third-order valence-electron chi connectivity index (χ3n) is 4.14. The molecular formula is C22H31NO4. The van der Waals surface area contributed by atoms with Crippen molar-refractivity contribution < 1.29 is 18.9 Å². The largest absolute Gasteiger partial charge is 0.497 e. The molecule has 148 valence electrons. The summed E-state index contributed by atoms with van der Waals surface area (Å²) >= 11 is 0. The molecule has 5 nitrogen and oxygen atoms in total. The fourth-order valence-electron chi connectivity index (χ4n) is 2.72. The van der Waals surface area contributed by atoms with Gasteiger partial charge in [0, 0.05) is 12.1 Å². The van der Waals surface area contributed by atoms with Crippen molar-refractivity contribution in [3.8, 4) is 23.0 Å². The molecular weight excluding hydrogens is 342 g/mol. The van der Waals surface area contributed by atoms with Crippen LogP contribution in [0.25, 0.3) is 0 Å². The molecule has 0 aliphatic rings. The topological polar surface area (TPSA) is 62.9 Å². The molecule has 2 rings (SSSR count). The van der Waals surface area contributed by atoms with Gasteiger partial charge < -0.3 is 24.7 Å².